The molecule has 0 aliphatic rings. The molecule has 0 fully saturated rings. The molecule has 0 aliphatic carbocycles. The molecule has 4 heteroatoms. The van der Waals surface area contributed by atoms with Crippen LogP contribution in [0.4, 0.5) is 5.95 Å². The van der Waals surface area contributed by atoms with Crippen molar-refractivity contribution in [1.82, 2.24) is 9.97 Å². The van der Waals surface area contributed by atoms with Crippen LogP contribution in [0.15, 0.2) is 66.9 Å². The van der Waals surface area contributed by atoms with Crippen LogP contribution in [-0.4, -0.2) is 9.97 Å². The number of nitrogens with one attached hydrogen (secondary N) is 2. The lowest BCUT2D eigenvalue weighted by atomic mass is 9.99. The minimum atomic E-state index is 0.695. The maximum atomic E-state index is 5.92. The zero-order valence-electron chi connectivity index (χ0n) is 13.9. The summed E-state index contributed by atoms with van der Waals surface area (Å²) in [7, 11) is 0. The van der Waals surface area contributed by atoms with Gasteiger partial charge in [-0.2, -0.15) is 0 Å². The second-order valence-corrected chi connectivity index (χ2v) is 6.52. The van der Waals surface area contributed by atoms with Crippen molar-refractivity contribution in [2.75, 3.05) is 5.32 Å². The first-order chi connectivity index (χ1) is 12.2. The summed E-state index contributed by atoms with van der Waals surface area (Å²) in [5.74, 6) is 0.762. The Morgan fingerprint density at radius 3 is 2.64 bits per heavy atom. The summed E-state index contributed by atoms with van der Waals surface area (Å²) in [6.07, 6.45) is 1.88. The van der Waals surface area contributed by atoms with Gasteiger partial charge in [-0.3, -0.25) is 0 Å². The molecule has 0 unspecified atom stereocenters. The second-order valence-electron chi connectivity index (χ2n) is 6.08. The van der Waals surface area contributed by atoms with Crippen molar-refractivity contribution in [3.05, 3.63) is 83.0 Å². The van der Waals surface area contributed by atoms with Crippen molar-refractivity contribution < 1.29 is 0 Å². The maximum absolute atomic E-state index is 5.92. The third-order valence-corrected chi connectivity index (χ3v) is 4.69. The number of fused-ring (bicyclic) bond motifs is 1. The largest absolute Gasteiger partial charge is 0.352 e. The maximum Gasteiger partial charge on any atom is 0.200 e. The Hall–Kier alpha value is -2.78. The van der Waals surface area contributed by atoms with Crippen LogP contribution in [0.25, 0.3) is 22.0 Å². The number of aryl methyl sites for hydroxylation is 1. The number of aromatic amines is 1. The topological polar surface area (TPSA) is 40.7 Å². The van der Waals surface area contributed by atoms with Gasteiger partial charge < -0.3 is 10.3 Å². The van der Waals surface area contributed by atoms with Crippen LogP contribution in [0.1, 0.15) is 11.1 Å². The van der Waals surface area contributed by atoms with Gasteiger partial charge in [0.1, 0.15) is 0 Å². The average Bonchev–Trinajstić information content (AvgIpc) is 3.10. The Kier molecular flexibility index (Phi) is 4.16. The van der Waals surface area contributed by atoms with Gasteiger partial charge in [-0.15, -0.1) is 0 Å². The van der Waals surface area contributed by atoms with Crippen LogP contribution < -0.4 is 5.32 Å². The van der Waals surface area contributed by atoms with Crippen molar-refractivity contribution in [2.24, 2.45) is 0 Å². The summed E-state index contributed by atoms with van der Waals surface area (Å²) < 4.78 is 0. The monoisotopic (exact) mass is 347 g/mol. The van der Waals surface area contributed by atoms with E-state index in [1.165, 1.54) is 21.9 Å². The Morgan fingerprint density at radius 2 is 1.80 bits per heavy atom. The number of benzene rings is 3. The Bertz CT molecular complexity index is 1020. The lowest BCUT2D eigenvalue weighted by Gasteiger charge is -2.08. The van der Waals surface area contributed by atoms with E-state index in [0.29, 0.717) is 6.54 Å². The van der Waals surface area contributed by atoms with Gasteiger partial charge in [0, 0.05) is 17.1 Å². The molecule has 0 amide bonds. The molecule has 0 saturated carbocycles. The number of halogens is 1. The van der Waals surface area contributed by atoms with Gasteiger partial charge in [0.2, 0.25) is 5.95 Å². The number of hydrogen-bond acceptors (Lipinski definition) is 2. The van der Waals surface area contributed by atoms with Gasteiger partial charge in [-0.25, -0.2) is 4.98 Å². The molecule has 25 heavy (non-hydrogen) atoms. The summed E-state index contributed by atoms with van der Waals surface area (Å²) in [5, 5.41) is 6.59. The van der Waals surface area contributed by atoms with Crippen molar-refractivity contribution in [2.45, 2.75) is 13.5 Å². The minimum absolute atomic E-state index is 0.695. The van der Waals surface area contributed by atoms with Crippen LogP contribution in [-0.2, 0) is 6.54 Å². The predicted molar refractivity (Wildman–Crippen MR) is 105 cm³/mol. The van der Waals surface area contributed by atoms with E-state index in [2.05, 4.69) is 58.6 Å². The first-order valence-electron chi connectivity index (χ1n) is 8.23. The quantitative estimate of drug-likeness (QED) is 0.489. The molecule has 0 atom stereocenters. The molecule has 0 saturated heterocycles. The van der Waals surface area contributed by atoms with Crippen LogP contribution in [0.5, 0.6) is 0 Å². The molecule has 0 radical (unpaired) electrons. The highest BCUT2D eigenvalue weighted by Gasteiger charge is 2.08. The van der Waals surface area contributed by atoms with Gasteiger partial charge in [-0.1, -0.05) is 60.1 Å². The number of nitrogens with zero attached hydrogens (tertiary/aromatic N) is 1. The highest BCUT2D eigenvalue weighted by Crippen LogP contribution is 2.29. The summed E-state index contributed by atoms with van der Waals surface area (Å²) in [6.45, 7) is 2.85. The van der Waals surface area contributed by atoms with Crippen LogP contribution in [0, 0.1) is 6.92 Å². The smallest absolute Gasteiger partial charge is 0.200 e. The van der Waals surface area contributed by atoms with Gasteiger partial charge >= 0.3 is 0 Å². The van der Waals surface area contributed by atoms with E-state index in [9.17, 15) is 0 Å². The van der Waals surface area contributed by atoms with Crippen molar-refractivity contribution in [3.8, 4) is 11.3 Å². The van der Waals surface area contributed by atoms with E-state index in [1.807, 2.05) is 30.5 Å². The van der Waals surface area contributed by atoms with Crippen LogP contribution in [0.3, 0.4) is 0 Å². The van der Waals surface area contributed by atoms with E-state index in [-0.39, 0.29) is 0 Å². The molecule has 0 aliphatic heterocycles. The molecule has 3 aromatic carbocycles. The number of H-pyrrole nitrogens is 1. The predicted octanol–water partition coefficient (Wildman–Crippen LogP) is 5.80. The highest BCUT2D eigenvalue weighted by atomic mass is 35.5. The van der Waals surface area contributed by atoms with Gasteiger partial charge in [0.05, 0.1) is 11.9 Å². The molecule has 4 aromatic rings. The number of aromatic nitrogens is 2. The van der Waals surface area contributed by atoms with Crippen molar-refractivity contribution in [1.29, 1.82) is 0 Å². The molecule has 1 heterocycles. The fourth-order valence-electron chi connectivity index (χ4n) is 3.05. The van der Waals surface area contributed by atoms with Gasteiger partial charge in [0.15, 0.2) is 0 Å². The van der Waals surface area contributed by atoms with Crippen LogP contribution in [0.2, 0.25) is 5.02 Å². The highest BCUT2D eigenvalue weighted by molar-refractivity contribution is 6.30. The number of rotatable bonds is 4. The Balaban J connectivity index is 1.57. The molecule has 124 valence electrons. The number of hydrogen-bond donors (Lipinski definition) is 2. The fourth-order valence-corrected chi connectivity index (χ4v) is 3.18. The van der Waals surface area contributed by atoms with E-state index in [1.54, 1.807) is 0 Å². The first-order valence-corrected chi connectivity index (χ1v) is 8.60. The normalized spacial score (nSPS) is 11.0. The number of anilines is 1. The average molecular weight is 348 g/mol. The molecule has 2 N–H and O–H groups in total. The SMILES string of the molecule is Cc1c(-c2cnc(NCc3ccc(Cl)cc3)[nH]2)ccc2ccccc12. The van der Waals surface area contributed by atoms with E-state index < -0.39 is 0 Å². The Labute approximate surface area is 151 Å². The summed E-state index contributed by atoms with van der Waals surface area (Å²) in [4.78, 5) is 7.82. The first kappa shape index (κ1) is 15.7. The molecular weight excluding hydrogens is 330 g/mol. The molecule has 4 rings (SSSR count). The zero-order chi connectivity index (χ0) is 17.2. The summed E-state index contributed by atoms with van der Waals surface area (Å²) in [5.41, 5.74) is 4.60. The minimum Gasteiger partial charge on any atom is -0.352 e. The number of imidazole rings is 1. The summed E-state index contributed by atoms with van der Waals surface area (Å²) >= 11 is 5.92. The van der Waals surface area contributed by atoms with Gasteiger partial charge in [0.25, 0.3) is 0 Å². The standard InChI is InChI=1S/C21H18ClN3/c1-14-18-5-3-2-4-16(18)8-11-19(14)20-13-24-21(25-20)23-12-15-6-9-17(22)10-7-15/h2-11,13H,12H2,1H3,(H2,23,24,25). The third-order valence-electron chi connectivity index (χ3n) is 4.44. The van der Waals surface area contributed by atoms with Crippen molar-refractivity contribution >= 4 is 28.3 Å². The van der Waals surface area contributed by atoms with E-state index >= 15 is 0 Å². The third kappa shape index (κ3) is 3.24. The fraction of sp³-hybridized carbons (Fsp3) is 0.0952. The zero-order valence-corrected chi connectivity index (χ0v) is 14.6. The van der Waals surface area contributed by atoms with Crippen molar-refractivity contribution in [3.63, 3.8) is 0 Å². The lowest BCUT2D eigenvalue weighted by molar-refractivity contribution is 1.09. The van der Waals surface area contributed by atoms with Gasteiger partial charge in [-0.05, 0) is 41.0 Å². The summed E-state index contributed by atoms with van der Waals surface area (Å²) in [6, 6.07) is 20.5. The van der Waals surface area contributed by atoms with Crippen LogP contribution >= 0.6 is 11.6 Å². The Morgan fingerprint density at radius 1 is 1.00 bits per heavy atom. The second kappa shape index (κ2) is 6.61. The van der Waals surface area contributed by atoms with E-state index in [0.717, 1.165) is 22.2 Å². The lowest BCUT2D eigenvalue weighted by Crippen LogP contribution is -2.00. The molecular formula is C21H18ClN3. The molecule has 0 bridgehead atoms. The van der Waals surface area contributed by atoms with E-state index in [4.69, 9.17) is 11.6 Å². The molecule has 3 nitrogen and oxygen atoms in total. The molecule has 0 spiro atoms. The molecule has 1 aromatic heterocycles.